The van der Waals surface area contributed by atoms with E-state index >= 15 is 0 Å². The molecule has 1 aliphatic carbocycles. The Labute approximate surface area is 333 Å². The van der Waals surface area contributed by atoms with E-state index in [-0.39, 0.29) is 12.6 Å². The van der Waals surface area contributed by atoms with Crippen LogP contribution in [0.4, 0.5) is 5.69 Å². The second kappa shape index (κ2) is 17.4. The summed E-state index contributed by atoms with van der Waals surface area (Å²) in [6, 6.07) is 36.3. The molecule has 0 amide bonds. The van der Waals surface area contributed by atoms with Crippen molar-refractivity contribution >= 4 is 28.5 Å². The highest BCUT2D eigenvalue weighted by atomic mass is 16.5. The molecule has 1 unspecified atom stereocenters. The van der Waals surface area contributed by atoms with Crippen LogP contribution < -0.4 is 14.4 Å². The van der Waals surface area contributed by atoms with Gasteiger partial charge < -0.3 is 19.1 Å². The summed E-state index contributed by atoms with van der Waals surface area (Å²) in [7, 11) is 0. The Morgan fingerprint density at radius 2 is 1.55 bits per heavy atom. The molecule has 1 saturated carbocycles. The number of carbonyl (C=O) groups is 1. The van der Waals surface area contributed by atoms with Gasteiger partial charge in [-0.25, -0.2) is 4.79 Å². The fourth-order valence-corrected chi connectivity index (χ4v) is 9.26. The van der Waals surface area contributed by atoms with Crippen LogP contribution in [0.15, 0.2) is 109 Å². The SMILES string of the molecule is CCCCCC1CCC(c2ccc(COc3ccc4c5c(c(C(=O)OCC)cc4c3)C=CC(c3ccccc3)(c3ccc(N4CCCCC4)cc3)O5)cc2)CC1. The molecular formula is C51H57NO4. The number of esters is 1. The van der Waals surface area contributed by atoms with Gasteiger partial charge in [0, 0.05) is 40.9 Å². The molecule has 0 N–H and O–H groups in total. The van der Waals surface area contributed by atoms with Gasteiger partial charge in [-0.1, -0.05) is 99.3 Å². The van der Waals surface area contributed by atoms with Crippen LogP contribution in [0.25, 0.3) is 16.8 Å². The van der Waals surface area contributed by atoms with E-state index in [2.05, 4.69) is 96.8 Å². The van der Waals surface area contributed by atoms with E-state index in [9.17, 15) is 4.79 Å². The molecule has 0 bridgehead atoms. The van der Waals surface area contributed by atoms with Gasteiger partial charge >= 0.3 is 5.97 Å². The molecule has 1 saturated heterocycles. The fraction of sp³-hybridized carbons (Fsp3) is 0.392. The van der Waals surface area contributed by atoms with Gasteiger partial charge in [-0.3, -0.25) is 0 Å². The number of rotatable bonds is 13. The summed E-state index contributed by atoms with van der Waals surface area (Å²) in [5, 5.41) is 1.78. The molecule has 290 valence electrons. The number of piperidine rings is 1. The van der Waals surface area contributed by atoms with Crippen molar-refractivity contribution in [2.75, 3.05) is 24.6 Å². The molecule has 2 fully saturated rings. The molecule has 5 heteroatoms. The van der Waals surface area contributed by atoms with Crippen molar-refractivity contribution in [3.63, 3.8) is 0 Å². The molecule has 5 aromatic carbocycles. The Morgan fingerprint density at radius 1 is 0.804 bits per heavy atom. The van der Waals surface area contributed by atoms with E-state index in [0.717, 1.165) is 57.8 Å². The van der Waals surface area contributed by atoms with Gasteiger partial charge in [0.25, 0.3) is 0 Å². The largest absolute Gasteiger partial charge is 0.489 e. The number of fused-ring (bicyclic) bond motifs is 3. The van der Waals surface area contributed by atoms with Crippen molar-refractivity contribution in [1.29, 1.82) is 0 Å². The number of nitrogens with zero attached hydrogens (tertiary/aromatic N) is 1. The average molecular weight is 748 g/mol. The molecule has 0 radical (unpaired) electrons. The summed E-state index contributed by atoms with van der Waals surface area (Å²) >= 11 is 0. The van der Waals surface area contributed by atoms with Crippen LogP contribution in [-0.4, -0.2) is 25.7 Å². The first kappa shape index (κ1) is 37.9. The topological polar surface area (TPSA) is 48.0 Å². The Kier molecular flexibility index (Phi) is 11.8. The fourth-order valence-electron chi connectivity index (χ4n) is 9.26. The average Bonchev–Trinajstić information content (AvgIpc) is 3.26. The summed E-state index contributed by atoms with van der Waals surface area (Å²) < 4.78 is 19.3. The number of ether oxygens (including phenoxy) is 3. The Morgan fingerprint density at radius 3 is 2.29 bits per heavy atom. The lowest BCUT2D eigenvalue weighted by Crippen LogP contribution is -2.35. The first-order valence-electron chi connectivity index (χ1n) is 21.3. The van der Waals surface area contributed by atoms with Crippen LogP contribution in [0.2, 0.25) is 0 Å². The normalized spacial score (nSPS) is 20.6. The highest BCUT2D eigenvalue weighted by Gasteiger charge is 2.39. The van der Waals surface area contributed by atoms with E-state index < -0.39 is 5.60 Å². The summed E-state index contributed by atoms with van der Waals surface area (Å²) in [6.45, 7) is 7.07. The molecule has 56 heavy (non-hydrogen) atoms. The minimum Gasteiger partial charge on any atom is -0.489 e. The van der Waals surface area contributed by atoms with Gasteiger partial charge in [-0.2, -0.15) is 0 Å². The highest BCUT2D eigenvalue weighted by molar-refractivity contribution is 6.04. The Bertz CT molecular complexity index is 2110. The van der Waals surface area contributed by atoms with E-state index in [1.165, 1.54) is 81.9 Å². The van der Waals surface area contributed by atoms with Crippen LogP contribution in [0, 0.1) is 5.92 Å². The molecular weight excluding hydrogens is 691 g/mol. The minimum atomic E-state index is -0.899. The van der Waals surface area contributed by atoms with E-state index in [4.69, 9.17) is 14.2 Å². The van der Waals surface area contributed by atoms with Crippen molar-refractivity contribution in [1.82, 2.24) is 0 Å². The van der Waals surface area contributed by atoms with Crippen molar-refractivity contribution in [3.05, 3.63) is 143 Å². The predicted molar refractivity (Wildman–Crippen MR) is 229 cm³/mol. The quantitative estimate of drug-likeness (QED) is 0.0886. The summed E-state index contributed by atoms with van der Waals surface area (Å²) in [5.74, 6) is 2.63. The zero-order valence-electron chi connectivity index (χ0n) is 33.3. The molecule has 8 rings (SSSR count). The molecule has 0 aromatic heterocycles. The number of benzene rings is 5. The van der Waals surface area contributed by atoms with Gasteiger partial charge in [0.1, 0.15) is 18.1 Å². The first-order valence-corrected chi connectivity index (χ1v) is 21.3. The maximum Gasteiger partial charge on any atom is 0.338 e. The molecule has 2 aliphatic heterocycles. The zero-order valence-corrected chi connectivity index (χ0v) is 33.3. The molecule has 5 nitrogen and oxygen atoms in total. The monoisotopic (exact) mass is 747 g/mol. The Hall–Kier alpha value is -5.03. The van der Waals surface area contributed by atoms with E-state index in [1.54, 1.807) is 0 Å². The van der Waals surface area contributed by atoms with Crippen LogP contribution >= 0.6 is 0 Å². The third kappa shape index (κ3) is 8.10. The smallest absolute Gasteiger partial charge is 0.338 e. The molecule has 2 heterocycles. The zero-order chi connectivity index (χ0) is 38.3. The highest BCUT2D eigenvalue weighted by Crippen LogP contribution is 2.47. The first-order chi connectivity index (χ1) is 27.5. The second-order valence-electron chi connectivity index (χ2n) is 16.1. The van der Waals surface area contributed by atoms with E-state index in [0.29, 0.717) is 23.8 Å². The van der Waals surface area contributed by atoms with Gasteiger partial charge in [0.2, 0.25) is 0 Å². The number of unbranched alkanes of at least 4 members (excludes halogenated alkanes) is 2. The van der Waals surface area contributed by atoms with Gasteiger partial charge in [0.15, 0.2) is 5.60 Å². The van der Waals surface area contributed by atoms with Crippen LogP contribution in [0.1, 0.15) is 129 Å². The third-order valence-corrected chi connectivity index (χ3v) is 12.5. The van der Waals surface area contributed by atoms with Crippen LogP contribution in [0.5, 0.6) is 11.5 Å². The lowest BCUT2D eigenvalue weighted by molar-refractivity contribution is 0.0524. The van der Waals surface area contributed by atoms with Crippen LogP contribution in [0.3, 0.4) is 0 Å². The van der Waals surface area contributed by atoms with Gasteiger partial charge in [-0.15, -0.1) is 0 Å². The summed E-state index contributed by atoms with van der Waals surface area (Å²) in [6.07, 6.45) is 18.7. The standard InChI is InChI=1S/C51H57NO4/c1-3-5-8-13-37-16-20-39(21-17-37)40-22-18-38(19-23-40)36-55-45-28-29-46-41(34-45)35-48(50(53)54-4-2)47-30-31-51(56-49(46)47,42-14-9-6-10-15-42)43-24-26-44(27-25-43)52-32-11-7-12-33-52/h6,9-10,14-15,18-19,22-31,34-35,37,39H,3-5,7-8,11-13,16-17,20-21,32-33,36H2,1-2H3. The maximum absolute atomic E-state index is 13.5. The third-order valence-electron chi connectivity index (χ3n) is 12.5. The van der Waals surface area contributed by atoms with Crippen molar-refractivity contribution in [3.8, 4) is 11.5 Å². The number of hydrogen-bond acceptors (Lipinski definition) is 5. The van der Waals surface area contributed by atoms with E-state index in [1.807, 2.05) is 37.3 Å². The lowest BCUT2D eigenvalue weighted by atomic mass is 9.77. The second-order valence-corrected chi connectivity index (χ2v) is 16.1. The van der Waals surface area contributed by atoms with Crippen molar-refractivity contribution in [2.45, 2.75) is 103 Å². The number of carbonyl (C=O) groups excluding carboxylic acids is 1. The Balaban J connectivity index is 1.05. The minimum absolute atomic E-state index is 0.287. The maximum atomic E-state index is 13.5. The number of hydrogen-bond donors (Lipinski definition) is 0. The van der Waals surface area contributed by atoms with Crippen LogP contribution in [-0.2, 0) is 16.9 Å². The predicted octanol–water partition coefficient (Wildman–Crippen LogP) is 12.8. The van der Waals surface area contributed by atoms with Crippen molar-refractivity contribution < 1.29 is 19.0 Å². The molecule has 3 aliphatic rings. The van der Waals surface area contributed by atoms with Gasteiger partial charge in [0.05, 0.1) is 12.2 Å². The molecule has 1 atom stereocenters. The van der Waals surface area contributed by atoms with Gasteiger partial charge in [-0.05, 0) is 129 Å². The summed E-state index contributed by atoms with van der Waals surface area (Å²) in [4.78, 5) is 16.0. The number of anilines is 1. The summed E-state index contributed by atoms with van der Waals surface area (Å²) in [5.41, 5.74) is 6.20. The lowest BCUT2D eigenvalue weighted by Gasteiger charge is -2.37. The molecule has 0 spiro atoms. The van der Waals surface area contributed by atoms with Crippen molar-refractivity contribution in [2.24, 2.45) is 5.92 Å². The molecule has 5 aromatic rings.